The Morgan fingerprint density at radius 2 is 2.05 bits per heavy atom. The fourth-order valence-corrected chi connectivity index (χ4v) is 2.82. The maximum absolute atomic E-state index is 12.4. The summed E-state index contributed by atoms with van der Waals surface area (Å²) in [4.78, 5) is 14.2. The van der Waals surface area contributed by atoms with E-state index in [4.69, 9.17) is 4.42 Å². The Morgan fingerprint density at radius 3 is 2.58 bits per heavy atom. The summed E-state index contributed by atoms with van der Waals surface area (Å²) in [5.74, 6) is 2.19. The van der Waals surface area contributed by atoms with Crippen molar-refractivity contribution in [1.29, 1.82) is 0 Å². The molecule has 1 saturated carbocycles. The molecule has 1 aromatic heterocycles. The van der Waals surface area contributed by atoms with Crippen LogP contribution in [0, 0.1) is 12.8 Å². The Balaban J connectivity index is 1.85. The maximum Gasteiger partial charge on any atom is 0.225 e. The lowest BCUT2D eigenvalue weighted by Crippen LogP contribution is -2.38. The Hall–Kier alpha value is -1.29. The molecule has 0 saturated heterocycles. The van der Waals surface area contributed by atoms with Crippen molar-refractivity contribution < 1.29 is 9.21 Å². The first-order valence-corrected chi connectivity index (χ1v) is 7.07. The molecule has 1 amide bonds. The minimum atomic E-state index is 0.186. The van der Waals surface area contributed by atoms with Crippen molar-refractivity contribution in [1.82, 2.24) is 10.2 Å². The molecule has 0 aliphatic heterocycles. The van der Waals surface area contributed by atoms with Crippen molar-refractivity contribution in [3.63, 3.8) is 0 Å². The number of carbonyl (C=O) groups excluding carboxylic acids is 1. The molecule has 1 aliphatic rings. The van der Waals surface area contributed by atoms with Gasteiger partial charge in [0.2, 0.25) is 5.91 Å². The normalized spacial score (nSPS) is 23.3. The van der Waals surface area contributed by atoms with Crippen molar-refractivity contribution in [3.8, 4) is 0 Å². The van der Waals surface area contributed by atoms with E-state index in [1.807, 2.05) is 33.2 Å². The Morgan fingerprint density at radius 1 is 1.37 bits per heavy atom. The number of hydrogen-bond donors (Lipinski definition) is 1. The minimum Gasteiger partial charge on any atom is -0.464 e. The second-order valence-electron chi connectivity index (χ2n) is 5.54. The van der Waals surface area contributed by atoms with Gasteiger partial charge in [-0.15, -0.1) is 0 Å². The SMILES string of the molecule is CNC1CCC(C(=O)N(C)Cc2ccc(C)o2)CC1. The minimum absolute atomic E-state index is 0.186. The van der Waals surface area contributed by atoms with Gasteiger partial charge in [0.05, 0.1) is 6.54 Å². The first-order valence-electron chi connectivity index (χ1n) is 7.07. The van der Waals surface area contributed by atoms with Gasteiger partial charge in [0.25, 0.3) is 0 Å². The summed E-state index contributed by atoms with van der Waals surface area (Å²) >= 11 is 0. The lowest BCUT2D eigenvalue weighted by molar-refractivity contribution is -0.136. The van der Waals surface area contributed by atoms with Crippen LogP contribution in [-0.2, 0) is 11.3 Å². The van der Waals surface area contributed by atoms with Gasteiger partial charge in [-0.3, -0.25) is 4.79 Å². The van der Waals surface area contributed by atoms with Crippen molar-refractivity contribution >= 4 is 5.91 Å². The number of aryl methyl sites for hydroxylation is 1. The molecule has 0 spiro atoms. The molecule has 106 valence electrons. The molecular weight excluding hydrogens is 240 g/mol. The third kappa shape index (κ3) is 3.60. The fraction of sp³-hybridized carbons (Fsp3) is 0.667. The van der Waals surface area contributed by atoms with Crippen LogP contribution in [-0.4, -0.2) is 30.9 Å². The van der Waals surface area contributed by atoms with Gasteiger partial charge in [0, 0.05) is 19.0 Å². The van der Waals surface area contributed by atoms with E-state index in [0.29, 0.717) is 12.6 Å². The maximum atomic E-state index is 12.4. The highest BCUT2D eigenvalue weighted by atomic mass is 16.3. The van der Waals surface area contributed by atoms with Gasteiger partial charge in [0.1, 0.15) is 11.5 Å². The van der Waals surface area contributed by atoms with E-state index in [1.54, 1.807) is 4.90 Å². The average Bonchev–Trinajstić information content (AvgIpc) is 2.83. The standard InChI is InChI=1S/C15H24N2O2/c1-11-4-9-14(19-11)10-17(3)15(18)12-5-7-13(16-2)8-6-12/h4,9,12-13,16H,5-8,10H2,1-3H3. The summed E-state index contributed by atoms with van der Waals surface area (Å²) < 4.78 is 5.52. The van der Waals surface area contributed by atoms with Crippen LogP contribution < -0.4 is 5.32 Å². The zero-order chi connectivity index (χ0) is 13.8. The van der Waals surface area contributed by atoms with Crippen LogP contribution >= 0.6 is 0 Å². The Kier molecular flexibility index (Phi) is 4.64. The molecule has 19 heavy (non-hydrogen) atoms. The molecule has 2 rings (SSSR count). The third-order valence-corrected chi connectivity index (χ3v) is 4.05. The lowest BCUT2D eigenvalue weighted by Gasteiger charge is -2.30. The first kappa shape index (κ1) is 14.1. The van der Waals surface area contributed by atoms with E-state index in [2.05, 4.69) is 5.32 Å². The zero-order valence-electron chi connectivity index (χ0n) is 12.1. The van der Waals surface area contributed by atoms with Crippen LogP contribution in [0.3, 0.4) is 0 Å². The highest BCUT2D eigenvalue weighted by Gasteiger charge is 2.27. The van der Waals surface area contributed by atoms with Gasteiger partial charge >= 0.3 is 0 Å². The van der Waals surface area contributed by atoms with E-state index < -0.39 is 0 Å². The number of nitrogens with zero attached hydrogens (tertiary/aromatic N) is 1. The van der Waals surface area contributed by atoms with Crippen LogP contribution in [0.2, 0.25) is 0 Å². The average molecular weight is 264 g/mol. The molecule has 0 radical (unpaired) electrons. The number of furan rings is 1. The predicted molar refractivity (Wildman–Crippen MR) is 74.7 cm³/mol. The van der Waals surface area contributed by atoms with Crippen molar-refractivity contribution in [3.05, 3.63) is 23.7 Å². The van der Waals surface area contributed by atoms with Gasteiger partial charge in [-0.1, -0.05) is 0 Å². The summed E-state index contributed by atoms with van der Waals surface area (Å²) in [5, 5.41) is 3.30. The van der Waals surface area contributed by atoms with E-state index in [-0.39, 0.29) is 11.8 Å². The van der Waals surface area contributed by atoms with Gasteiger partial charge in [-0.05, 0) is 51.8 Å². The van der Waals surface area contributed by atoms with E-state index >= 15 is 0 Å². The Bertz CT molecular complexity index is 420. The molecule has 4 heteroatoms. The number of nitrogens with one attached hydrogen (secondary N) is 1. The fourth-order valence-electron chi connectivity index (χ4n) is 2.82. The molecule has 1 heterocycles. The number of carbonyl (C=O) groups is 1. The molecule has 1 aromatic rings. The van der Waals surface area contributed by atoms with Crippen LogP contribution in [0.4, 0.5) is 0 Å². The first-order chi connectivity index (χ1) is 9.10. The largest absolute Gasteiger partial charge is 0.464 e. The summed E-state index contributed by atoms with van der Waals surface area (Å²) in [7, 11) is 3.86. The number of amides is 1. The van der Waals surface area contributed by atoms with Crippen molar-refractivity contribution in [2.45, 2.75) is 45.2 Å². The van der Waals surface area contributed by atoms with E-state index in [9.17, 15) is 4.79 Å². The van der Waals surface area contributed by atoms with E-state index in [0.717, 1.165) is 37.2 Å². The number of rotatable bonds is 4. The molecular formula is C15H24N2O2. The topological polar surface area (TPSA) is 45.5 Å². The van der Waals surface area contributed by atoms with Crippen LogP contribution in [0.5, 0.6) is 0 Å². The van der Waals surface area contributed by atoms with Gasteiger partial charge in [-0.2, -0.15) is 0 Å². The smallest absolute Gasteiger partial charge is 0.225 e. The molecule has 0 atom stereocenters. The molecule has 1 fully saturated rings. The van der Waals surface area contributed by atoms with E-state index in [1.165, 1.54) is 0 Å². The molecule has 0 aromatic carbocycles. The third-order valence-electron chi connectivity index (χ3n) is 4.05. The van der Waals surface area contributed by atoms with Crippen molar-refractivity contribution in [2.24, 2.45) is 5.92 Å². The second kappa shape index (κ2) is 6.24. The van der Waals surface area contributed by atoms with Crippen molar-refractivity contribution in [2.75, 3.05) is 14.1 Å². The van der Waals surface area contributed by atoms with Crippen LogP contribution in [0.15, 0.2) is 16.5 Å². The highest BCUT2D eigenvalue weighted by molar-refractivity contribution is 5.78. The van der Waals surface area contributed by atoms with Crippen LogP contribution in [0.1, 0.15) is 37.2 Å². The van der Waals surface area contributed by atoms with Gasteiger partial charge in [-0.25, -0.2) is 0 Å². The molecule has 4 nitrogen and oxygen atoms in total. The summed E-state index contributed by atoms with van der Waals surface area (Å²) in [6.07, 6.45) is 4.18. The monoisotopic (exact) mass is 264 g/mol. The lowest BCUT2D eigenvalue weighted by atomic mass is 9.85. The summed E-state index contributed by atoms with van der Waals surface area (Å²) in [6.45, 7) is 2.49. The quantitative estimate of drug-likeness (QED) is 0.907. The molecule has 0 bridgehead atoms. The zero-order valence-corrected chi connectivity index (χ0v) is 12.1. The Labute approximate surface area is 115 Å². The summed E-state index contributed by atoms with van der Waals surface area (Å²) in [6, 6.07) is 4.46. The molecule has 1 aliphatic carbocycles. The highest BCUT2D eigenvalue weighted by Crippen LogP contribution is 2.26. The molecule has 0 unspecified atom stereocenters. The summed E-state index contributed by atoms with van der Waals surface area (Å²) in [5.41, 5.74) is 0. The number of hydrogen-bond acceptors (Lipinski definition) is 3. The second-order valence-corrected chi connectivity index (χ2v) is 5.54. The van der Waals surface area contributed by atoms with Gasteiger partial charge < -0.3 is 14.6 Å². The molecule has 1 N–H and O–H groups in total. The van der Waals surface area contributed by atoms with Gasteiger partial charge in [0.15, 0.2) is 0 Å². The van der Waals surface area contributed by atoms with Crippen LogP contribution in [0.25, 0.3) is 0 Å². The predicted octanol–water partition coefficient (Wildman–Crippen LogP) is 2.32.